The second-order valence-corrected chi connectivity index (χ2v) is 6.09. The topological polar surface area (TPSA) is 74.8 Å². The number of tetrazole rings is 1. The Morgan fingerprint density at radius 2 is 2.14 bits per heavy atom. The van der Waals surface area contributed by atoms with Gasteiger partial charge in [0, 0.05) is 6.54 Å². The van der Waals surface area contributed by atoms with Gasteiger partial charge in [-0.3, -0.25) is 4.79 Å². The number of likely N-dealkylation sites (tertiary alicyclic amines) is 1. The second-order valence-electron chi connectivity index (χ2n) is 5.34. The summed E-state index contributed by atoms with van der Waals surface area (Å²) in [6.07, 6.45) is 2.77. The lowest BCUT2D eigenvalue weighted by Gasteiger charge is -2.34. The molecule has 1 saturated heterocycles. The van der Waals surface area contributed by atoms with Gasteiger partial charge in [-0.15, -0.1) is 10.2 Å². The maximum absolute atomic E-state index is 12.9. The number of amides is 1. The van der Waals surface area contributed by atoms with Crippen molar-refractivity contribution in [1.29, 1.82) is 0 Å². The molecule has 1 aliphatic rings. The SMILES string of the molecule is Cc1ccc(C(=O)N2CCCCC2c2nn[nH]n2)c(Cl)c1Cl. The minimum atomic E-state index is -0.184. The Morgan fingerprint density at radius 3 is 2.86 bits per heavy atom. The second kappa shape index (κ2) is 6.22. The van der Waals surface area contributed by atoms with Crippen LogP contribution in [0, 0.1) is 6.92 Å². The lowest BCUT2D eigenvalue weighted by atomic mass is 10.00. The Labute approximate surface area is 137 Å². The summed E-state index contributed by atoms with van der Waals surface area (Å²) in [4.78, 5) is 14.6. The molecule has 0 aliphatic carbocycles. The van der Waals surface area contributed by atoms with E-state index in [1.807, 2.05) is 6.92 Å². The number of nitrogens with zero attached hydrogens (tertiary/aromatic N) is 4. The molecule has 6 nitrogen and oxygen atoms in total. The van der Waals surface area contributed by atoms with E-state index in [0.29, 0.717) is 28.0 Å². The molecule has 0 spiro atoms. The minimum absolute atomic E-state index is 0.151. The van der Waals surface area contributed by atoms with Crippen LogP contribution in [0.25, 0.3) is 0 Å². The smallest absolute Gasteiger partial charge is 0.256 e. The number of aryl methyl sites for hydroxylation is 1. The Bertz CT molecular complexity index is 689. The number of H-pyrrole nitrogens is 1. The molecule has 1 fully saturated rings. The first kappa shape index (κ1) is 15.2. The van der Waals surface area contributed by atoms with Gasteiger partial charge in [0.15, 0.2) is 5.82 Å². The average Bonchev–Trinajstić information content (AvgIpc) is 3.06. The molecular weight excluding hydrogens is 325 g/mol. The van der Waals surface area contributed by atoms with E-state index in [1.54, 1.807) is 17.0 Å². The molecule has 1 unspecified atom stereocenters. The standard InChI is InChI=1S/C14H15Cl2N5O/c1-8-5-6-9(12(16)11(8)15)14(22)21-7-3-2-4-10(21)13-17-19-20-18-13/h5-6,10H,2-4,7H2,1H3,(H,17,18,19,20). The summed E-state index contributed by atoms with van der Waals surface area (Å²) in [6, 6.07) is 3.33. The van der Waals surface area contributed by atoms with E-state index in [1.165, 1.54) is 0 Å². The molecule has 1 N–H and O–H groups in total. The molecule has 3 rings (SSSR count). The summed E-state index contributed by atoms with van der Waals surface area (Å²) in [5.41, 5.74) is 1.25. The molecular formula is C14H15Cl2N5O. The van der Waals surface area contributed by atoms with Crippen LogP contribution in [0.5, 0.6) is 0 Å². The van der Waals surface area contributed by atoms with E-state index in [2.05, 4.69) is 20.6 Å². The third-order valence-corrected chi connectivity index (χ3v) is 4.91. The summed E-state index contributed by atoms with van der Waals surface area (Å²) in [5, 5.41) is 14.8. The average molecular weight is 340 g/mol. The monoisotopic (exact) mass is 339 g/mol. The maximum Gasteiger partial charge on any atom is 0.256 e. The lowest BCUT2D eigenvalue weighted by molar-refractivity contribution is 0.0600. The first-order chi connectivity index (χ1) is 10.6. The summed E-state index contributed by atoms with van der Waals surface area (Å²) < 4.78 is 0. The molecule has 1 aromatic heterocycles. The van der Waals surface area contributed by atoms with Gasteiger partial charge in [0.1, 0.15) is 0 Å². The molecule has 0 bridgehead atoms. The molecule has 22 heavy (non-hydrogen) atoms. The van der Waals surface area contributed by atoms with Crippen LogP contribution < -0.4 is 0 Å². The van der Waals surface area contributed by atoms with Gasteiger partial charge < -0.3 is 4.90 Å². The van der Waals surface area contributed by atoms with Gasteiger partial charge in [0.2, 0.25) is 0 Å². The summed E-state index contributed by atoms with van der Waals surface area (Å²) >= 11 is 12.4. The highest BCUT2D eigenvalue weighted by Crippen LogP contribution is 2.34. The third-order valence-electron chi connectivity index (χ3n) is 3.93. The predicted molar refractivity (Wildman–Crippen MR) is 83.0 cm³/mol. The molecule has 2 aromatic rings. The van der Waals surface area contributed by atoms with E-state index in [-0.39, 0.29) is 11.9 Å². The van der Waals surface area contributed by atoms with E-state index in [9.17, 15) is 4.79 Å². The summed E-state index contributed by atoms with van der Waals surface area (Å²) in [5.74, 6) is 0.379. The van der Waals surface area contributed by atoms with Crippen LogP contribution in [0.1, 0.15) is 47.1 Å². The molecule has 0 saturated carbocycles. The Kier molecular flexibility index (Phi) is 4.31. The van der Waals surface area contributed by atoms with Gasteiger partial charge in [-0.25, -0.2) is 0 Å². The number of halogens is 2. The van der Waals surface area contributed by atoms with Gasteiger partial charge in [-0.2, -0.15) is 5.21 Å². The van der Waals surface area contributed by atoms with Crippen molar-refractivity contribution in [3.05, 3.63) is 39.1 Å². The van der Waals surface area contributed by atoms with Crippen molar-refractivity contribution >= 4 is 29.1 Å². The largest absolute Gasteiger partial charge is 0.328 e. The van der Waals surface area contributed by atoms with Crippen LogP contribution in [0.4, 0.5) is 0 Å². The van der Waals surface area contributed by atoms with Crippen LogP contribution in [0.15, 0.2) is 12.1 Å². The van der Waals surface area contributed by atoms with Gasteiger partial charge in [0.05, 0.1) is 21.7 Å². The third kappa shape index (κ3) is 2.68. The van der Waals surface area contributed by atoms with Gasteiger partial charge in [-0.1, -0.05) is 34.5 Å². The van der Waals surface area contributed by atoms with Gasteiger partial charge >= 0.3 is 0 Å². The predicted octanol–water partition coefficient (Wildman–Crippen LogP) is 3.18. The molecule has 1 atom stereocenters. The molecule has 1 aromatic carbocycles. The summed E-state index contributed by atoms with van der Waals surface area (Å²) in [6.45, 7) is 2.49. The summed E-state index contributed by atoms with van der Waals surface area (Å²) in [7, 11) is 0. The van der Waals surface area contributed by atoms with Gasteiger partial charge in [0.25, 0.3) is 5.91 Å². The van der Waals surface area contributed by atoms with E-state index in [4.69, 9.17) is 23.2 Å². The van der Waals surface area contributed by atoms with Crippen molar-refractivity contribution in [1.82, 2.24) is 25.5 Å². The molecule has 8 heteroatoms. The van der Waals surface area contributed by atoms with E-state index in [0.717, 1.165) is 24.8 Å². The number of nitrogens with one attached hydrogen (secondary N) is 1. The maximum atomic E-state index is 12.9. The highest BCUT2D eigenvalue weighted by atomic mass is 35.5. The highest BCUT2D eigenvalue weighted by molar-refractivity contribution is 6.44. The Morgan fingerprint density at radius 1 is 1.32 bits per heavy atom. The first-order valence-corrected chi connectivity index (χ1v) is 7.84. The number of aromatic amines is 1. The first-order valence-electron chi connectivity index (χ1n) is 7.08. The molecule has 2 heterocycles. The van der Waals surface area contributed by atoms with Crippen LogP contribution in [0.2, 0.25) is 10.0 Å². The Hall–Kier alpha value is -1.66. The van der Waals surface area contributed by atoms with Crippen molar-refractivity contribution < 1.29 is 4.79 Å². The highest BCUT2D eigenvalue weighted by Gasteiger charge is 2.32. The number of carbonyl (C=O) groups is 1. The fourth-order valence-electron chi connectivity index (χ4n) is 2.72. The van der Waals surface area contributed by atoms with Crippen molar-refractivity contribution in [3.8, 4) is 0 Å². The molecule has 0 radical (unpaired) electrons. The number of rotatable bonds is 2. The van der Waals surface area contributed by atoms with E-state index < -0.39 is 0 Å². The normalized spacial score (nSPS) is 18.5. The van der Waals surface area contributed by atoms with Crippen LogP contribution in [-0.2, 0) is 0 Å². The number of piperidine rings is 1. The van der Waals surface area contributed by atoms with Crippen molar-refractivity contribution in [2.75, 3.05) is 6.54 Å². The number of carbonyl (C=O) groups excluding carboxylic acids is 1. The lowest BCUT2D eigenvalue weighted by Crippen LogP contribution is -2.39. The number of hydrogen-bond acceptors (Lipinski definition) is 4. The fraction of sp³-hybridized carbons (Fsp3) is 0.429. The number of aromatic nitrogens is 4. The van der Waals surface area contributed by atoms with Crippen LogP contribution >= 0.6 is 23.2 Å². The van der Waals surface area contributed by atoms with Crippen LogP contribution in [-0.4, -0.2) is 38.0 Å². The fourth-order valence-corrected chi connectivity index (χ4v) is 3.18. The van der Waals surface area contributed by atoms with Crippen molar-refractivity contribution in [2.24, 2.45) is 0 Å². The zero-order valence-electron chi connectivity index (χ0n) is 12.0. The molecule has 116 valence electrons. The van der Waals surface area contributed by atoms with E-state index >= 15 is 0 Å². The van der Waals surface area contributed by atoms with Crippen molar-refractivity contribution in [3.63, 3.8) is 0 Å². The minimum Gasteiger partial charge on any atom is -0.328 e. The number of hydrogen-bond donors (Lipinski definition) is 1. The molecule has 1 aliphatic heterocycles. The van der Waals surface area contributed by atoms with Crippen LogP contribution in [0.3, 0.4) is 0 Å². The number of benzene rings is 1. The zero-order valence-corrected chi connectivity index (χ0v) is 13.5. The quantitative estimate of drug-likeness (QED) is 0.911. The Balaban J connectivity index is 1.94. The van der Waals surface area contributed by atoms with Crippen molar-refractivity contribution in [2.45, 2.75) is 32.2 Å². The van der Waals surface area contributed by atoms with Gasteiger partial charge in [-0.05, 0) is 37.8 Å². The molecule has 1 amide bonds. The zero-order chi connectivity index (χ0) is 15.7.